The normalized spacial score (nSPS) is 10.4. The van der Waals surface area contributed by atoms with Crippen LogP contribution in [0.5, 0.6) is 11.5 Å². The minimum atomic E-state index is -0.269. The van der Waals surface area contributed by atoms with Gasteiger partial charge in [0.05, 0.1) is 14.2 Å². The van der Waals surface area contributed by atoms with E-state index in [0.717, 1.165) is 22.6 Å². The molecule has 0 aromatic heterocycles. The van der Waals surface area contributed by atoms with Crippen LogP contribution in [0.15, 0.2) is 55.1 Å². The predicted molar refractivity (Wildman–Crippen MR) is 122 cm³/mol. The molecule has 30 heavy (non-hydrogen) atoms. The van der Waals surface area contributed by atoms with Crippen molar-refractivity contribution in [3.05, 3.63) is 71.8 Å². The maximum absolute atomic E-state index is 13.3. The smallest absolute Gasteiger partial charge is 0.260 e. The molecule has 0 heterocycles. The summed E-state index contributed by atoms with van der Waals surface area (Å²) in [6.45, 7) is 6.00. The first-order chi connectivity index (χ1) is 14.5. The van der Waals surface area contributed by atoms with Crippen LogP contribution < -0.4 is 9.47 Å². The summed E-state index contributed by atoms with van der Waals surface area (Å²) in [5, 5.41) is 0. The van der Waals surface area contributed by atoms with Gasteiger partial charge in [0, 0.05) is 24.3 Å². The molecule has 2 amide bonds. The summed E-state index contributed by atoms with van der Waals surface area (Å²) in [6.07, 6.45) is 2.16. The average molecular weight is 428 g/mol. The third-order valence-electron chi connectivity index (χ3n) is 4.65. The maximum atomic E-state index is 13.3. The summed E-state index contributed by atoms with van der Waals surface area (Å²) < 4.78 is 10.6. The van der Waals surface area contributed by atoms with Crippen molar-refractivity contribution in [3.63, 3.8) is 0 Å². The molecule has 0 N–H and O–H groups in total. The van der Waals surface area contributed by atoms with Gasteiger partial charge in [-0.05, 0) is 41.5 Å². The van der Waals surface area contributed by atoms with E-state index in [1.807, 2.05) is 36.4 Å². The van der Waals surface area contributed by atoms with Gasteiger partial charge in [-0.1, -0.05) is 37.3 Å². The molecule has 0 aliphatic carbocycles. The van der Waals surface area contributed by atoms with Crippen molar-refractivity contribution < 1.29 is 19.1 Å². The SMILES string of the molecule is C=CCC(=O)N(CCc1ccc(OC)c(OC)c1)C(=O)c1ccccc1CSCC. The van der Waals surface area contributed by atoms with Gasteiger partial charge in [0.15, 0.2) is 11.5 Å². The standard InChI is InChI=1S/C24H29NO4S/c1-5-9-23(26)25(15-14-18-12-13-21(28-3)22(16-18)29-4)24(27)20-11-8-7-10-19(20)17-30-6-2/h5,7-8,10-13,16H,1,6,9,14-15,17H2,2-4H3. The molecule has 0 saturated heterocycles. The Kier molecular flexibility index (Phi) is 9.48. The van der Waals surface area contributed by atoms with Crippen LogP contribution >= 0.6 is 11.8 Å². The zero-order valence-corrected chi connectivity index (χ0v) is 18.7. The van der Waals surface area contributed by atoms with Crippen LogP contribution in [0.2, 0.25) is 0 Å². The molecule has 2 aromatic rings. The number of carbonyl (C=O) groups is 2. The van der Waals surface area contributed by atoms with Gasteiger partial charge >= 0.3 is 0 Å². The Morgan fingerprint density at radius 1 is 1.10 bits per heavy atom. The first-order valence-corrected chi connectivity index (χ1v) is 11.0. The van der Waals surface area contributed by atoms with Gasteiger partial charge in [-0.15, -0.1) is 6.58 Å². The number of benzene rings is 2. The van der Waals surface area contributed by atoms with Gasteiger partial charge in [0.25, 0.3) is 5.91 Å². The number of nitrogens with zero attached hydrogens (tertiary/aromatic N) is 1. The highest BCUT2D eigenvalue weighted by molar-refractivity contribution is 7.98. The van der Waals surface area contributed by atoms with E-state index in [0.29, 0.717) is 23.5 Å². The number of ether oxygens (including phenoxy) is 2. The fraction of sp³-hybridized carbons (Fsp3) is 0.333. The van der Waals surface area contributed by atoms with Crippen LogP contribution in [0, 0.1) is 0 Å². The lowest BCUT2D eigenvalue weighted by atomic mass is 10.1. The van der Waals surface area contributed by atoms with E-state index in [2.05, 4.69) is 13.5 Å². The summed E-state index contributed by atoms with van der Waals surface area (Å²) in [5.74, 6) is 2.42. The number of thioether (sulfide) groups is 1. The zero-order chi connectivity index (χ0) is 21.9. The second-order valence-corrected chi connectivity index (χ2v) is 7.85. The molecule has 0 unspecified atom stereocenters. The summed E-state index contributed by atoms with van der Waals surface area (Å²) in [4.78, 5) is 27.3. The molecular formula is C24H29NO4S. The van der Waals surface area contributed by atoms with Crippen LogP contribution in [0.25, 0.3) is 0 Å². The Balaban J connectivity index is 2.26. The van der Waals surface area contributed by atoms with E-state index < -0.39 is 0 Å². The molecule has 0 fully saturated rings. The number of rotatable bonds is 11. The summed E-state index contributed by atoms with van der Waals surface area (Å²) >= 11 is 1.74. The Morgan fingerprint density at radius 3 is 2.50 bits per heavy atom. The molecule has 0 radical (unpaired) electrons. The van der Waals surface area contributed by atoms with Crippen LogP contribution in [-0.2, 0) is 17.0 Å². The number of methoxy groups -OCH3 is 2. The molecule has 2 rings (SSSR count). The lowest BCUT2D eigenvalue weighted by Crippen LogP contribution is -2.38. The third-order valence-corrected chi connectivity index (χ3v) is 5.57. The van der Waals surface area contributed by atoms with Crippen molar-refractivity contribution >= 4 is 23.6 Å². The first kappa shape index (κ1) is 23.5. The largest absolute Gasteiger partial charge is 0.493 e. The molecule has 0 aliphatic heterocycles. The molecule has 0 aliphatic rings. The number of hydrogen-bond donors (Lipinski definition) is 0. The van der Waals surface area contributed by atoms with Crippen molar-refractivity contribution in [3.8, 4) is 11.5 Å². The fourth-order valence-electron chi connectivity index (χ4n) is 3.06. The number of imide groups is 1. The second-order valence-electron chi connectivity index (χ2n) is 6.58. The van der Waals surface area contributed by atoms with Crippen molar-refractivity contribution in [2.75, 3.05) is 26.5 Å². The van der Waals surface area contributed by atoms with Crippen LogP contribution in [0.3, 0.4) is 0 Å². The quantitative estimate of drug-likeness (QED) is 0.485. The molecule has 0 saturated carbocycles. The minimum absolute atomic E-state index is 0.115. The highest BCUT2D eigenvalue weighted by Crippen LogP contribution is 2.28. The van der Waals surface area contributed by atoms with Crippen molar-refractivity contribution in [1.29, 1.82) is 0 Å². The second kappa shape index (κ2) is 12.1. The monoisotopic (exact) mass is 427 g/mol. The first-order valence-electron chi connectivity index (χ1n) is 9.87. The Labute approximate surface area is 183 Å². The minimum Gasteiger partial charge on any atom is -0.493 e. The molecule has 2 aromatic carbocycles. The summed E-state index contributed by atoms with van der Waals surface area (Å²) in [7, 11) is 3.16. The molecule has 0 bridgehead atoms. The average Bonchev–Trinajstić information content (AvgIpc) is 2.77. The van der Waals surface area contributed by atoms with Crippen LogP contribution in [0.1, 0.15) is 34.8 Å². The lowest BCUT2D eigenvalue weighted by Gasteiger charge is -2.22. The predicted octanol–water partition coefficient (Wildman–Crippen LogP) is 4.74. The molecule has 0 spiro atoms. The van der Waals surface area contributed by atoms with Gasteiger partial charge < -0.3 is 9.47 Å². The molecular weight excluding hydrogens is 398 g/mol. The van der Waals surface area contributed by atoms with Gasteiger partial charge in [0.1, 0.15) is 0 Å². The Morgan fingerprint density at radius 2 is 1.83 bits per heavy atom. The number of amides is 2. The van der Waals surface area contributed by atoms with E-state index in [1.165, 1.54) is 11.0 Å². The van der Waals surface area contributed by atoms with Crippen molar-refractivity contribution in [2.45, 2.75) is 25.5 Å². The topological polar surface area (TPSA) is 55.8 Å². The van der Waals surface area contributed by atoms with E-state index in [-0.39, 0.29) is 24.8 Å². The lowest BCUT2D eigenvalue weighted by molar-refractivity contribution is -0.127. The van der Waals surface area contributed by atoms with E-state index in [4.69, 9.17) is 9.47 Å². The Bertz CT molecular complexity index is 881. The molecule has 0 atom stereocenters. The van der Waals surface area contributed by atoms with Crippen LogP contribution in [0.4, 0.5) is 0 Å². The summed E-state index contributed by atoms with van der Waals surface area (Å²) in [5.41, 5.74) is 2.46. The van der Waals surface area contributed by atoms with E-state index in [1.54, 1.807) is 32.0 Å². The van der Waals surface area contributed by atoms with Gasteiger partial charge in [0.2, 0.25) is 5.91 Å². The fourth-order valence-corrected chi connectivity index (χ4v) is 3.74. The van der Waals surface area contributed by atoms with E-state index >= 15 is 0 Å². The maximum Gasteiger partial charge on any atom is 0.260 e. The molecule has 5 nitrogen and oxygen atoms in total. The zero-order valence-electron chi connectivity index (χ0n) is 17.8. The molecule has 160 valence electrons. The van der Waals surface area contributed by atoms with Crippen molar-refractivity contribution in [1.82, 2.24) is 4.90 Å². The Hall–Kier alpha value is -2.73. The van der Waals surface area contributed by atoms with E-state index in [9.17, 15) is 9.59 Å². The van der Waals surface area contributed by atoms with Gasteiger partial charge in [-0.2, -0.15) is 11.8 Å². The van der Waals surface area contributed by atoms with Crippen molar-refractivity contribution in [2.24, 2.45) is 0 Å². The van der Waals surface area contributed by atoms with Gasteiger partial charge in [-0.25, -0.2) is 0 Å². The highest BCUT2D eigenvalue weighted by atomic mass is 32.2. The van der Waals surface area contributed by atoms with Crippen LogP contribution in [-0.4, -0.2) is 43.2 Å². The third kappa shape index (κ3) is 6.13. The molecule has 6 heteroatoms. The number of carbonyl (C=O) groups excluding carboxylic acids is 2. The van der Waals surface area contributed by atoms with Gasteiger partial charge in [-0.3, -0.25) is 14.5 Å². The highest BCUT2D eigenvalue weighted by Gasteiger charge is 2.23. The number of hydrogen-bond acceptors (Lipinski definition) is 5. The summed E-state index contributed by atoms with van der Waals surface area (Å²) in [6, 6.07) is 13.1.